The molecule has 1 saturated carbocycles. The normalized spacial score (nSPS) is 18.9. The van der Waals surface area contributed by atoms with E-state index in [-0.39, 0.29) is 30.3 Å². The van der Waals surface area contributed by atoms with Crippen molar-refractivity contribution in [1.29, 1.82) is 0 Å². The second-order valence-corrected chi connectivity index (χ2v) is 8.83. The first-order valence-electron chi connectivity index (χ1n) is 11.6. The third-order valence-electron chi connectivity index (χ3n) is 6.62. The van der Waals surface area contributed by atoms with E-state index in [2.05, 4.69) is 37.9 Å². The highest BCUT2D eigenvalue weighted by Crippen LogP contribution is 2.44. The number of benzene rings is 2. The highest BCUT2D eigenvalue weighted by atomic mass is 16.5. The maximum absolute atomic E-state index is 12.5. The number of amides is 2. The topological polar surface area (TPSA) is 146 Å². The van der Waals surface area contributed by atoms with E-state index in [1.165, 1.54) is 0 Å². The zero-order chi connectivity index (χ0) is 24.4. The number of aromatic nitrogens is 3. The maximum atomic E-state index is 12.5. The van der Waals surface area contributed by atoms with Crippen molar-refractivity contribution in [3.8, 4) is 11.1 Å². The first-order chi connectivity index (χ1) is 17.0. The van der Waals surface area contributed by atoms with Crippen LogP contribution in [0.25, 0.3) is 11.1 Å². The molecule has 3 aromatic rings. The van der Waals surface area contributed by atoms with Gasteiger partial charge >= 0.3 is 12.1 Å². The van der Waals surface area contributed by atoms with Crippen LogP contribution >= 0.6 is 0 Å². The number of carboxylic acids is 1. The van der Waals surface area contributed by atoms with Crippen LogP contribution in [0.15, 0.2) is 48.5 Å². The Hall–Kier alpha value is -4.21. The SMILES string of the molecule is O=C(Nc1n[nH]c(C(=O)N[C@H]2CCC[C@@H](C(=O)O)C2)n1)OCC1c2ccccc2-c2ccccc21. The summed E-state index contributed by atoms with van der Waals surface area (Å²) in [4.78, 5) is 40.1. The molecule has 1 heterocycles. The van der Waals surface area contributed by atoms with Crippen LogP contribution in [-0.4, -0.2) is 50.9 Å². The van der Waals surface area contributed by atoms with Gasteiger partial charge in [0.15, 0.2) is 0 Å². The molecule has 2 atom stereocenters. The van der Waals surface area contributed by atoms with Gasteiger partial charge in [-0.1, -0.05) is 55.0 Å². The highest BCUT2D eigenvalue weighted by Gasteiger charge is 2.30. The molecule has 2 aromatic carbocycles. The van der Waals surface area contributed by atoms with Crippen molar-refractivity contribution in [1.82, 2.24) is 20.5 Å². The molecule has 0 aliphatic heterocycles. The molecule has 2 aliphatic carbocycles. The van der Waals surface area contributed by atoms with Crippen molar-refractivity contribution < 1.29 is 24.2 Å². The van der Waals surface area contributed by atoms with Gasteiger partial charge in [0.1, 0.15) is 6.61 Å². The fourth-order valence-electron chi connectivity index (χ4n) is 4.94. The van der Waals surface area contributed by atoms with E-state index in [1.807, 2.05) is 36.4 Å². The molecule has 1 fully saturated rings. The number of hydrogen-bond acceptors (Lipinski definition) is 6. The minimum absolute atomic E-state index is 0.0728. The Morgan fingerprint density at radius 1 is 1.03 bits per heavy atom. The number of carbonyl (C=O) groups is 3. The average Bonchev–Trinajstić information content (AvgIpc) is 3.46. The summed E-state index contributed by atoms with van der Waals surface area (Å²) in [5.74, 6) is -2.05. The smallest absolute Gasteiger partial charge is 0.414 e. The Kier molecular flexibility index (Phi) is 6.17. The van der Waals surface area contributed by atoms with Crippen molar-refractivity contribution in [3.05, 3.63) is 65.5 Å². The molecule has 0 radical (unpaired) electrons. The number of ether oxygens (including phenoxy) is 1. The lowest BCUT2D eigenvalue weighted by atomic mass is 9.86. The number of hydrogen-bond donors (Lipinski definition) is 4. The lowest BCUT2D eigenvalue weighted by molar-refractivity contribution is -0.143. The first-order valence-corrected chi connectivity index (χ1v) is 11.6. The molecule has 0 saturated heterocycles. The van der Waals surface area contributed by atoms with Crippen molar-refractivity contribution in [2.75, 3.05) is 11.9 Å². The molecule has 10 heteroatoms. The van der Waals surface area contributed by atoms with Crippen LogP contribution in [-0.2, 0) is 9.53 Å². The number of fused-ring (bicyclic) bond motifs is 3. The van der Waals surface area contributed by atoms with Crippen LogP contribution in [0.5, 0.6) is 0 Å². The molecule has 2 aliphatic rings. The molecule has 4 N–H and O–H groups in total. The van der Waals surface area contributed by atoms with Gasteiger partial charge < -0.3 is 15.2 Å². The highest BCUT2D eigenvalue weighted by molar-refractivity contribution is 5.91. The third-order valence-corrected chi connectivity index (χ3v) is 6.62. The van der Waals surface area contributed by atoms with Crippen LogP contribution in [0, 0.1) is 5.92 Å². The number of carbonyl (C=O) groups excluding carboxylic acids is 2. The van der Waals surface area contributed by atoms with E-state index in [9.17, 15) is 19.5 Å². The molecule has 180 valence electrons. The molecule has 35 heavy (non-hydrogen) atoms. The zero-order valence-electron chi connectivity index (χ0n) is 18.9. The Bertz CT molecular complexity index is 1230. The molecule has 0 spiro atoms. The lowest BCUT2D eigenvalue weighted by Gasteiger charge is -2.26. The van der Waals surface area contributed by atoms with Gasteiger partial charge in [0.2, 0.25) is 5.82 Å². The summed E-state index contributed by atoms with van der Waals surface area (Å²) in [5, 5.41) is 20.8. The monoisotopic (exact) mass is 475 g/mol. The van der Waals surface area contributed by atoms with Gasteiger partial charge in [-0.25, -0.2) is 4.79 Å². The van der Waals surface area contributed by atoms with Crippen molar-refractivity contribution >= 4 is 23.9 Å². The van der Waals surface area contributed by atoms with Gasteiger partial charge in [-0.15, -0.1) is 5.10 Å². The van der Waals surface area contributed by atoms with Gasteiger partial charge in [-0.05, 0) is 41.5 Å². The molecule has 5 rings (SSSR count). The standard InChI is InChI=1S/C25H25N5O5/c31-22(26-15-7-5-6-14(12-15)23(32)33)21-27-24(30-29-21)28-25(34)35-13-20-18-10-3-1-8-16(18)17-9-2-4-11-19(17)20/h1-4,8-11,14-15,20H,5-7,12-13H2,(H,26,31)(H,32,33)(H2,27,28,29,30,34)/t14-,15+/m1/s1. The van der Waals surface area contributed by atoms with E-state index in [4.69, 9.17) is 4.74 Å². The van der Waals surface area contributed by atoms with E-state index in [0.717, 1.165) is 28.7 Å². The Morgan fingerprint density at radius 3 is 2.40 bits per heavy atom. The summed E-state index contributed by atoms with van der Waals surface area (Å²) >= 11 is 0. The Morgan fingerprint density at radius 2 is 1.71 bits per heavy atom. The van der Waals surface area contributed by atoms with Crippen LogP contribution in [0.4, 0.5) is 10.7 Å². The summed E-state index contributed by atoms with van der Waals surface area (Å²) in [6.07, 6.45) is 1.69. The lowest BCUT2D eigenvalue weighted by Crippen LogP contribution is -2.40. The van der Waals surface area contributed by atoms with Crippen LogP contribution in [0.2, 0.25) is 0 Å². The second kappa shape index (κ2) is 9.57. The van der Waals surface area contributed by atoms with Crippen molar-refractivity contribution in [3.63, 3.8) is 0 Å². The summed E-state index contributed by atoms with van der Waals surface area (Å²) in [7, 11) is 0. The van der Waals surface area contributed by atoms with Gasteiger partial charge in [0.25, 0.3) is 11.9 Å². The Balaban J connectivity index is 1.17. The average molecular weight is 476 g/mol. The van der Waals surface area contributed by atoms with E-state index in [0.29, 0.717) is 19.3 Å². The number of nitrogens with zero attached hydrogens (tertiary/aromatic N) is 2. The first kappa shape index (κ1) is 22.6. The summed E-state index contributed by atoms with van der Waals surface area (Å²) in [6.45, 7) is 0.143. The number of anilines is 1. The number of aliphatic carboxylic acids is 1. The molecule has 0 bridgehead atoms. The molecule has 2 amide bonds. The minimum atomic E-state index is -0.849. The van der Waals surface area contributed by atoms with Crippen LogP contribution < -0.4 is 10.6 Å². The molecular formula is C25H25N5O5. The molecule has 0 unspecified atom stereocenters. The predicted molar refractivity (Wildman–Crippen MR) is 126 cm³/mol. The second-order valence-electron chi connectivity index (χ2n) is 8.83. The fraction of sp³-hybridized carbons (Fsp3) is 0.320. The van der Waals surface area contributed by atoms with Crippen molar-refractivity contribution in [2.45, 2.75) is 37.6 Å². The largest absolute Gasteiger partial charge is 0.481 e. The van der Waals surface area contributed by atoms with Crippen molar-refractivity contribution in [2.24, 2.45) is 5.92 Å². The number of carboxylic acid groups (broad SMARTS) is 1. The number of nitrogens with one attached hydrogen (secondary N) is 3. The van der Waals surface area contributed by atoms with Gasteiger partial charge in [0, 0.05) is 12.0 Å². The summed E-state index contributed by atoms with van der Waals surface area (Å²) in [6, 6.07) is 15.8. The third kappa shape index (κ3) is 4.72. The van der Waals surface area contributed by atoms with E-state index >= 15 is 0 Å². The molecule has 1 aromatic heterocycles. The van der Waals surface area contributed by atoms with Gasteiger partial charge in [-0.3, -0.25) is 20.0 Å². The van der Waals surface area contributed by atoms with Crippen LogP contribution in [0.3, 0.4) is 0 Å². The fourth-order valence-corrected chi connectivity index (χ4v) is 4.94. The maximum Gasteiger partial charge on any atom is 0.414 e. The summed E-state index contributed by atoms with van der Waals surface area (Å²) in [5.41, 5.74) is 4.47. The minimum Gasteiger partial charge on any atom is -0.481 e. The predicted octanol–water partition coefficient (Wildman–Crippen LogP) is 3.54. The van der Waals surface area contributed by atoms with E-state index < -0.39 is 23.9 Å². The molecule has 10 nitrogen and oxygen atoms in total. The Labute approximate surface area is 201 Å². The van der Waals surface area contributed by atoms with E-state index in [1.54, 1.807) is 0 Å². The quantitative estimate of drug-likeness (QED) is 0.426. The van der Waals surface area contributed by atoms with Gasteiger partial charge in [0.05, 0.1) is 5.92 Å². The number of H-pyrrole nitrogens is 1. The van der Waals surface area contributed by atoms with Gasteiger partial charge in [-0.2, -0.15) is 4.98 Å². The summed E-state index contributed by atoms with van der Waals surface area (Å²) < 4.78 is 5.47. The number of rotatable bonds is 6. The molecular weight excluding hydrogens is 450 g/mol. The number of aromatic amines is 1. The van der Waals surface area contributed by atoms with Crippen LogP contribution in [0.1, 0.15) is 53.3 Å². The zero-order valence-corrected chi connectivity index (χ0v) is 18.9.